The molecule has 0 fully saturated rings. The lowest BCUT2D eigenvalue weighted by atomic mass is 9.97. The molecule has 0 aliphatic heterocycles. The second kappa shape index (κ2) is 9.62. The van der Waals surface area contributed by atoms with Crippen LogP contribution in [-0.2, 0) is 17.6 Å². The molecule has 5 rings (SSSR count). The van der Waals surface area contributed by atoms with Gasteiger partial charge < -0.3 is 5.32 Å². The normalized spacial score (nSPS) is 13.2. The van der Waals surface area contributed by atoms with Crippen LogP contribution in [0.15, 0.2) is 63.0 Å². The van der Waals surface area contributed by atoms with Gasteiger partial charge in [0.25, 0.3) is 5.56 Å². The van der Waals surface area contributed by atoms with Crippen molar-refractivity contribution in [2.24, 2.45) is 0 Å². The molecule has 0 bridgehead atoms. The average Bonchev–Trinajstić information content (AvgIpc) is 3.19. The summed E-state index contributed by atoms with van der Waals surface area (Å²) in [6, 6.07) is 14.5. The molecule has 9 heteroatoms. The molecule has 0 saturated heterocycles. The Balaban J connectivity index is 1.51. The molecule has 0 saturated carbocycles. The molecule has 5 nitrogen and oxygen atoms in total. The summed E-state index contributed by atoms with van der Waals surface area (Å²) < 4.78 is 2.56. The number of amides is 1. The smallest absolute Gasteiger partial charge is 0.267 e. The van der Waals surface area contributed by atoms with Gasteiger partial charge in [-0.05, 0) is 79.8 Å². The zero-order valence-corrected chi connectivity index (χ0v) is 21.4. The van der Waals surface area contributed by atoms with E-state index < -0.39 is 0 Å². The maximum absolute atomic E-state index is 13.7. The lowest BCUT2D eigenvalue weighted by Gasteiger charge is -2.14. The maximum Gasteiger partial charge on any atom is 0.267 e. The van der Waals surface area contributed by atoms with Crippen LogP contribution in [-0.4, -0.2) is 21.2 Å². The zero-order chi connectivity index (χ0) is 22.9. The summed E-state index contributed by atoms with van der Waals surface area (Å²) in [4.78, 5) is 33.2. The number of carbonyl (C=O) groups excluding carboxylic acids is 1. The Labute approximate surface area is 212 Å². The number of nitrogens with one attached hydrogen (secondary N) is 1. The molecule has 1 aliphatic rings. The summed E-state index contributed by atoms with van der Waals surface area (Å²) >= 11 is 12.2. The number of aromatic nitrogens is 2. The second-order valence-electron chi connectivity index (χ2n) is 7.75. The maximum atomic E-state index is 13.7. The number of nitrogens with zero attached hydrogens (tertiary/aromatic N) is 2. The highest BCUT2D eigenvalue weighted by Gasteiger charge is 2.23. The summed E-state index contributed by atoms with van der Waals surface area (Å²) in [7, 11) is 0. The van der Waals surface area contributed by atoms with Gasteiger partial charge in [0.1, 0.15) is 4.83 Å². The van der Waals surface area contributed by atoms with Crippen LogP contribution in [0.2, 0.25) is 5.02 Å². The molecule has 33 heavy (non-hydrogen) atoms. The molecule has 0 unspecified atom stereocenters. The molecule has 0 atom stereocenters. The van der Waals surface area contributed by atoms with Gasteiger partial charge in [-0.3, -0.25) is 14.2 Å². The Kier molecular flexibility index (Phi) is 6.60. The number of thioether (sulfide) groups is 1. The Hall–Kier alpha value is -2.13. The van der Waals surface area contributed by atoms with E-state index >= 15 is 0 Å². The van der Waals surface area contributed by atoms with Gasteiger partial charge in [-0.1, -0.05) is 39.3 Å². The molecule has 168 valence electrons. The summed E-state index contributed by atoms with van der Waals surface area (Å²) in [5, 5.41) is 4.71. The van der Waals surface area contributed by atoms with E-state index in [0.29, 0.717) is 15.9 Å². The molecule has 0 spiro atoms. The van der Waals surface area contributed by atoms with Crippen molar-refractivity contribution < 1.29 is 4.79 Å². The molecular weight excluding hydrogens is 542 g/mol. The van der Waals surface area contributed by atoms with Crippen molar-refractivity contribution in [3.05, 3.63) is 78.8 Å². The van der Waals surface area contributed by atoms with Crippen molar-refractivity contribution in [1.29, 1.82) is 0 Å². The van der Waals surface area contributed by atoms with E-state index in [1.54, 1.807) is 40.2 Å². The molecule has 1 amide bonds. The number of benzene rings is 2. The van der Waals surface area contributed by atoms with E-state index in [0.717, 1.165) is 51.6 Å². The van der Waals surface area contributed by atoms with Crippen LogP contribution in [0.5, 0.6) is 0 Å². The van der Waals surface area contributed by atoms with Gasteiger partial charge in [-0.15, -0.1) is 11.3 Å². The minimum Gasteiger partial charge on any atom is -0.325 e. The fourth-order valence-corrected chi connectivity index (χ4v) is 6.47. The van der Waals surface area contributed by atoms with Crippen LogP contribution >= 0.6 is 50.6 Å². The second-order valence-corrected chi connectivity index (χ2v) is 11.1. The van der Waals surface area contributed by atoms with Crippen molar-refractivity contribution in [3.63, 3.8) is 0 Å². The Bertz CT molecular complexity index is 1400. The molecular formula is C24H19BrClN3O2S2. The fraction of sp³-hybridized carbons (Fsp3) is 0.208. The van der Waals surface area contributed by atoms with Gasteiger partial charge in [0.2, 0.25) is 5.91 Å². The fourth-order valence-electron chi connectivity index (χ4n) is 3.96. The standard InChI is InChI=1S/C24H19BrClN3O2S2/c25-14-5-11-17(12-6-14)29-23(31)21-18-3-1-2-4-19(18)33-22(21)28-24(29)32-13-20(30)27-16-9-7-15(26)8-10-16/h5-12H,1-4,13H2,(H,27,30). The molecule has 2 aromatic carbocycles. The first-order valence-electron chi connectivity index (χ1n) is 10.5. The number of anilines is 1. The molecule has 0 radical (unpaired) electrons. The predicted molar refractivity (Wildman–Crippen MR) is 140 cm³/mol. The lowest BCUT2D eigenvalue weighted by Crippen LogP contribution is -2.23. The first-order valence-corrected chi connectivity index (χ1v) is 13.5. The van der Waals surface area contributed by atoms with Crippen LogP contribution in [0, 0.1) is 0 Å². The van der Waals surface area contributed by atoms with Crippen LogP contribution in [0.4, 0.5) is 5.69 Å². The van der Waals surface area contributed by atoms with E-state index in [-0.39, 0.29) is 17.2 Å². The third-order valence-corrected chi connectivity index (χ3v) is 8.41. The zero-order valence-electron chi connectivity index (χ0n) is 17.4. The highest BCUT2D eigenvalue weighted by Crippen LogP contribution is 2.35. The minimum absolute atomic E-state index is 0.0673. The topological polar surface area (TPSA) is 64.0 Å². The molecule has 1 N–H and O–H groups in total. The highest BCUT2D eigenvalue weighted by atomic mass is 79.9. The van der Waals surface area contributed by atoms with Gasteiger partial charge in [-0.2, -0.15) is 0 Å². The molecule has 2 heterocycles. The lowest BCUT2D eigenvalue weighted by molar-refractivity contribution is -0.113. The number of rotatable bonds is 5. The van der Waals surface area contributed by atoms with E-state index in [4.69, 9.17) is 16.6 Å². The van der Waals surface area contributed by atoms with E-state index in [9.17, 15) is 9.59 Å². The third kappa shape index (κ3) is 4.75. The van der Waals surface area contributed by atoms with Gasteiger partial charge in [-0.25, -0.2) is 4.98 Å². The average molecular weight is 561 g/mol. The van der Waals surface area contributed by atoms with Gasteiger partial charge >= 0.3 is 0 Å². The highest BCUT2D eigenvalue weighted by molar-refractivity contribution is 9.10. The summed E-state index contributed by atoms with van der Waals surface area (Å²) in [5.41, 5.74) is 2.49. The summed E-state index contributed by atoms with van der Waals surface area (Å²) in [5.74, 6) is -0.0492. The minimum atomic E-state index is -0.176. The van der Waals surface area contributed by atoms with Crippen molar-refractivity contribution in [2.75, 3.05) is 11.1 Å². The Morgan fingerprint density at radius 1 is 1.12 bits per heavy atom. The monoisotopic (exact) mass is 559 g/mol. The first-order chi connectivity index (χ1) is 16.0. The van der Waals surface area contributed by atoms with Crippen LogP contribution < -0.4 is 10.9 Å². The SMILES string of the molecule is O=C(CSc1nc2sc3c(c2c(=O)n1-c1ccc(Br)cc1)CCCC3)Nc1ccc(Cl)cc1. The number of thiophene rings is 1. The molecule has 2 aromatic heterocycles. The van der Waals surface area contributed by atoms with Gasteiger partial charge in [0.15, 0.2) is 5.16 Å². The predicted octanol–water partition coefficient (Wildman–Crippen LogP) is 6.47. The summed E-state index contributed by atoms with van der Waals surface area (Å²) in [6.45, 7) is 0. The Morgan fingerprint density at radius 2 is 1.85 bits per heavy atom. The van der Waals surface area contributed by atoms with Gasteiger partial charge in [0, 0.05) is 20.1 Å². The van der Waals surface area contributed by atoms with E-state index in [2.05, 4.69) is 21.2 Å². The van der Waals surface area contributed by atoms with Crippen molar-refractivity contribution in [1.82, 2.24) is 9.55 Å². The number of aryl methyl sites for hydroxylation is 2. The molecule has 1 aliphatic carbocycles. The number of hydrogen-bond donors (Lipinski definition) is 1. The van der Waals surface area contributed by atoms with Gasteiger partial charge in [0.05, 0.1) is 16.8 Å². The van der Waals surface area contributed by atoms with Crippen molar-refractivity contribution in [2.45, 2.75) is 30.8 Å². The third-order valence-electron chi connectivity index (χ3n) is 5.50. The largest absolute Gasteiger partial charge is 0.325 e. The van der Waals surface area contributed by atoms with Crippen LogP contribution in [0.25, 0.3) is 15.9 Å². The quantitative estimate of drug-likeness (QED) is 0.224. The molecule has 4 aromatic rings. The van der Waals surface area contributed by atoms with Crippen LogP contribution in [0.3, 0.4) is 0 Å². The number of fused-ring (bicyclic) bond motifs is 3. The van der Waals surface area contributed by atoms with Crippen molar-refractivity contribution >= 4 is 72.4 Å². The summed E-state index contributed by atoms with van der Waals surface area (Å²) in [6.07, 6.45) is 4.16. The Morgan fingerprint density at radius 3 is 2.61 bits per heavy atom. The van der Waals surface area contributed by atoms with E-state index in [1.807, 2.05) is 24.3 Å². The number of hydrogen-bond acceptors (Lipinski definition) is 5. The number of carbonyl (C=O) groups is 1. The number of halogens is 2. The van der Waals surface area contributed by atoms with Crippen LogP contribution in [0.1, 0.15) is 23.3 Å². The van der Waals surface area contributed by atoms with E-state index in [1.165, 1.54) is 16.6 Å². The first kappa shape index (κ1) is 22.7. The van der Waals surface area contributed by atoms with Crippen molar-refractivity contribution in [3.8, 4) is 5.69 Å².